The van der Waals surface area contributed by atoms with Crippen LogP contribution in [0.1, 0.15) is 109 Å². The molecule has 11 aromatic rings. The Bertz CT molecular complexity index is 3910. The lowest BCUT2D eigenvalue weighted by molar-refractivity contribution is 0.443. The lowest BCUT2D eigenvalue weighted by Crippen LogP contribution is -2.26. The second kappa shape index (κ2) is 18.0. The van der Waals surface area contributed by atoms with Crippen molar-refractivity contribution >= 4 is 66.4 Å². The molecule has 4 aliphatic rings. The highest BCUT2D eigenvalue weighted by Gasteiger charge is 2.54. The maximum Gasteiger partial charge on any atom is 0.0732 e. The zero-order valence-electron chi connectivity index (χ0n) is 42.6. The minimum Gasteiger partial charge on any atom is -0.310 e. The van der Waals surface area contributed by atoms with Crippen LogP contribution in [0.4, 0.5) is 34.1 Å². The number of hydrogen-bond acceptors (Lipinski definition) is 2. The maximum absolute atomic E-state index is 2.61. The summed E-state index contributed by atoms with van der Waals surface area (Å²) in [6.07, 6.45) is 13.2. The van der Waals surface area contributed by atoms with Gasteiger partial charge in [-0.3, -0.25) is 0 Å². The van der Waals surface area contributed by atoms with E-state index in [4.69, 9.17) is 0 Å². The average molecular weight is 965 g/mol. The lowest BCUT2D eigenvalue weighted by Gasteiger charge is -2.34. The van der Waals surface area contributed by atoms with Crippen LogP contribution in [0.5, 0.6) is 0 Å². The number of anilines is 6. The molecule has 0 unspecified atom stereocenters. The van der Waals surface area contributed by atoms with Crippen molar-refractivity contribution in [3.8, 4) is 22.3 Å². The Morgan fingerprint density at radius 2 is 0.733 bits per heavy atom. The number of benzene rings is 11. The monoisotopic (exact) mass is 964 g/mol. The Hall–Kier alpha value is -8.20. The molecule has 0 N–H and O–H groups in total. The Morgan fingerprint density at radius 1 is 0.293 bits per heavy atom. The van der Waals surface area contributed by atoms with Crippen molar-refractivity contribution < 1.29 is 0 Å². The molecule has 15 rings (SSSR count). The molecule has 0 heterocycles. The first kappa shape index (κ1) is 44.3. The Kier molecular flexibility index (Phi) is 10.6. The van der Waals surface area contributed by atoms with Crippen LogP contribution in [0, 0.1) is 0 Å². The number of fused-ring (bicyclic) bond motifs is 17. The molecule has 0 aromatic heterocycles. The van der Waals surface area contributed by atoms with E-state index in [0.717, 1.165) is 17.1 Å². The van der Waals surface area contributed by atoms with Gasteiger partial charge in [0.05, 0.1) is 11.1 Å². The third kappa shape index (κ3) is 6.92. The van der Waals surface area contributed by atoms with Crippen LogP contribution in [0.2, 0.25) is 0 Å². The zero-order chi connectivity index (χ0) is 49.5. The summed E-state index contributed by atoms with van der Waals surface area (Å²) in [4.78, 5) is 5.01. The Morgan fingerprint density at radius 3 is 1.31 bits per heavy atom. The van der Waals surface area contributed by atoms with E-state index in [0.29, 0.717) is 11.8 Å². The maximum atomic E-state index is 2.61. The molecule has 0 saturated heterocycles. The molecular weight excluding hydrogens is 905 g/mol. The van der Waals surface area contributed by atoms with Crippen LogP contribution in [-0.2, 0) is 5.41 Å². The molecule has 11 aromatic carbocycles. The highest BCUT2D eigenvalue weighted by atomic mass is 15.1. The summed E-state index contributed by atoms with van der Waals surface area (Å²) < 4.78 is 0. The number of hydrogen-bond donors (Lipinski definition) is 0. The lowest BCUT2D eigenvalue weighted by atomic mass is 9.69. The summed E-state index contributed by atoms with van der Waals surface area (Å²) in [6.45, 7) is 0. The van der Waals surface area contributed by atoms with Gasteiger partial charge >= 0.3 is 0 Å². The van der Waals surface area contributed by atoms with Crippen molar-refractivity contribution in [2.24, 2.45) is 0 Å². The van der Waals surface area contributed by atoms with Gasteiger partial charge in [-0.05, 0) is 187 Å². The van der Waals surface area contributed by atoms with Gasteiger partial charge in [-0.25, -0.2) is 0 Å². The number of rotatable bonds is 8. The molecule has 2 fully saturated rings. The first-order chi connectivity index (χ1) is 37.2. The van der Waals surface area contributed by atoms with E-state index in [1.54, 1.807) is 0 Å². The van der Waals surface area contributed by atoms with Crippen LogP contribution in [0.15, 0.2) is 231 Å². The normalized spacial score (nSPS) is 15.7. The first-order valence-electron chi connectivity index (χ1n) is 27.9. The summed E-state index contributed by atoms with van der Waals surface area (Å²) in [5.41, 5.74) is 20.1. The van der Waals surface area contributed by atoms with Gasteiger partial charge in [0.15, 0.2) is 0 Å². The minimum atomic E-state index is -0.623. The van der Waals surface area contributed by atoms with E-state index in [1.165, 1.54) is 169 Å². The predicted molar refractivity (Wildman–Crippen MR) is 316 cm³/mol. The van der Waals surface area contributed by atoms with Gasteiger partial charge < -0.3 is 9.80 Å². The third-order valence-corrected chi connectivity index (χ3v) is 18.0. The van der Waals surface area contributed by atoms with Gasteiger partial charge in [0.2, 0.25) is 0 Å². The van der Waals surface area contributed by atoms with Crippen LogP contribution in [0.3, 0.4) is 0 Å². The highest BCUT2D eigenvalue weighted by Crippen LogP contribution is 2.67. The Balaban J connectivity index is 1.01. The van der Waals surface area contributed by atoms with Crippen LogP contribution >= 0.6 is 0 Å². The summed E-state index contributed by atoms with van der Waals surface area (Å²) in [5, 5.41) is 7.64. The molecular formula is C73H60N2. The van der Waals surface area contributed by atoms with Crippen LogP contribution < -0.4 is 9.80 Å². The summed E-state index contributed by atoms with van der Waals surface area (Å²) in [5.74, 6) is 1.29. The van der Waals surface area contributed by atoms with Crippen molar-refractivity contribution in [1.82, 2.24) is 0 Å². The van der Waals surface area contributed by atoms with Crippen LogP contribution in [-0.4, -0.2) is 0 Å². The van der Waals surface area contributed by atoms with E-state index in [2.05, 4.69) is 240 Å². The Labute approximate surface area is 441 Å². The molecule has 362 valence electrons. The quantitative estimate of drug-likeness (QED) is 0.140. The molecule has 2 heteroatoms. The summed E-state index contributed by atoms with van der Waals surface area (Å²) in [6, 6.07) is 88.4. The molecule has 2 nitrogen and oxygen atoms in total. The number of nitrogens with zero attached hydrogens (tertiary/aromatic N) is 2. The van der Waals surface area contributed by atoms with Gasteiger partial charge in [-0.1, -0.05) is 202 Å². The number of para-hydroxylation sites is 2. The minimum absolute atomic E-state index is 0.623. The molecule has 4 aliphatic carbocycles. The van der Waals surface area contributed by atoms with Crippen molar-refractivity contribution in [1.29, 1.82) is 0 Å². The highest BCUT2D eigenvalue weighted by molar-refractivity contribution is 6.24. The molecule has 0 amide bonds. The average Bonchev–Trinajstić information content (AvgIpc) is 4.16. The zero-order valence-corrected chi connectivity index (χ0v) is 42.6. The fourth-order valence-corrected chi connectivity index (χ4v) is 14.7. The molecule has 0 bridgehead atoms. The van der Waals surface area contributed by atoms with E-state index in [1.807, 2.05) is 0 Å². The molecule has 1 spiro atoms. The third-order valence-electron chi connectivity index (χ3n) is 18.0. The van der Waals surface area contributed by atoms with Crippen molar-refractivity contribution in [2.75, 3.05) is 9.80 Å². The summed E-state index contributed by atoms with van der Waals surface area (Å²) >= 11 is 0. The van der Waals surface area contributed by atoms with Gasteiger partial charge in [0.25, 0.3) is 0 Å². The fourth-order valence-electron chi connectivity index (χ4n) is 14.7. The van der Waals surface area contributed by atoms with E-state index >= 15 is 0 Å². The first-order valence-corrected chi connectivity index (χ1v) is 27.9. The molecule has 75 heavy (non-hydrogen) atoms. The van der Waals surface area contributed by atoms with Gasteiger partial charge in [0.1, 0.15) is 0 Å². The summed E-state index contributed by atoms with van der Waals surface area (Å²) in [7, 11) is 0. The topological polar surface area (TPSA) is 6.48 Å². The molecule has 0 aliphatic heterocycles. The molecule has 0 atom stereocenters. The van der Waals surface area contributed by atoms with Gasteiger partial charge in [0, 0.05) is 33.8 Å². The molecule has 2 saturated carbocycles. The fraction of sp³-hybridized carbons (Fsp3) is 0.178. The van der Waals surface area contributed by atoms with Crippen molar-refractivity contribution in [3.63, 3.8) is 0 Å². The van der Waals surface area contributed by atoms with E-state index < -0.39 is 5.41 Å². The van der Waals surface area contributed by atoms with Crippen molar-refractivity contribution in [2.45, 2.75) is 81.5 Å². The second-order valence-corrected chi connectivity index (χ2v) is 21.9. The van der Waals surface area contributed by atoms with Crippen molar-refractivity contribution in [3.05, 3.63) is 264 Å². The SMILES string of the molecule is c1ccc(N(c2ccc(C3CCCCC3)cc2)c2ccc3c4c(c5ccccc5c3c2)-c2c(cc(N(c3ccccc3)c3ccc(C5CCCCC5)cc3)c3ccccc23)C42c3ccccc3-c3ccccc32)cc1. The second-order valence-electron chi connectivity index (χ2n) is 21.9. The van der Waals surface area contributed by atoms with Gasteiger partial charge in [-0.2, -0.15) is 0 Å². The molecule has 0 radical (unpaired) electrons. The van der Waals surface area contributed by atoms with E-state index in [-0.39, 0.29) is 0 Å². The largest absolute Gasteiger partial charge is 0.310 e. The van der Waals surface area contributed by atoms with E-state index in [9.17, 15) is 0 Å². The smallest absolute Gasteiger partial charge is 0.0732 e. The predicted octanol–water partition coefficient (Wildman–Crippen LogP) is 20.5. The standard InChI is InChI=1S/C73H60N2/c1-5-21-49(22-6-1)51-37-41-55(42-38-51)74(53-25-9-3-10-26-53)57-45-46-64-65(47-57)58-29-13-15-33-62(58)71-70-63-34-16-14-32-61(63)69(48-68(70)73(72(64)71)66-35-19-17-30-59(66)60-31-18-20-36-67(60)73)75(54-27-11-4-12-28-54)56-43-39-52(40-44-56)50-23-7-2-8-24-50/h3-4,9-20,25-50H,1-2,5-8,21-24H2. The van der Waals surface area contributed by atoms with Crippen LogP contribution in [0.25, 0.3) is 54.6 Å². The van der Waals surface area contributed by atoms with Gasteiger partial charge in [-0.15, -0.1) is 0 Å².